The van der Waals surface area contributed by atoms with E-state index < -0.39 is 0 Å². The molecule has 3 rings (SSSR count). The van der Waals surface area contributed by atoms with Crippen molar-refractivity contribution in [1.29, 1.82) is 0 Å². The molecule has 5 nitrogen and oxygen atoms in total. The van der Waals surface area contributed by atoms with Gasteiger partial charge in [0.15, 0.2) is 5.65 Å². The molecular weight excluding hydrogens is 202 g/mol. The van der Waals surface area contributed by atoms with Gasteiger partial charge in [-0.05, 0) is 25.1 Å². The Balaban J connectivity index is 1.92. The fourth-order valence-corrected chi connectivity index (χ4v) is 2.14. The maximum atomic E-state index is 4.49. The monoisotopic (exact) mass is 217 g/mol. The van der Waals surface area contributed by atoms with Crippen LogP contribution in [-0.4, -0.2) is 41.1 Å². The van der Waals surface area contributed by atoms with E-state index in [1.807, 2.05) is 12.1 Å². The second-order valence-electron chi connectivity index (χ2n) is 4.19. The summed E-state index contributed by atoms with van der Waals surface area (Å²) < 4.78 is 0. The summed E-state index contributed by atoms with van der Waals surface area (Å²) in [7, 11) is 2.08. The lowest BCUT2D eigenvalue weighted by atomic mass is 10.2. The van der Waals surface area contributed by atoms with E-state index in [4.69, 9.17) is 0 Å². The van der Waals surface area contributed by atoms with Gasteiger partial charge in [-0.2, -0.15) is 4.98 Å². The summed E-state index contributed by atoms with van der Waals surface area (Å²) in [6.07, 6.45) is 2.94. The molecular formula is C11H15N5. The Morgan fingerprint density at radius 3 is 3.19 bits per heavy atom. The van der Waals surface area contributed by atoms with E-state index in [2.05, 4.69) is 32.2 Å². The summed E-state index contributed by atoms with van der Waals surface area (Å²) in [4.78, 5) is 14.2. The largest absolute Gasteiger partial charge is 0.341 e. The predicted molar refractivity (Wildman–Crippen MR) is 63.6 cm³/mol. The molecule has 0 amide bonds. The van der Waals surface area contributed by atoms with Gasteiger partial charge in [0.1, 0.15) is 0 Å². The van der Waals surface area contributed by atoms with Crippen LogP contribution < -0.4 is 10.2 Å². The van der Waals surface area contributed by atoms with Crippen LogP contribution in [0, 0.1) is 0 Å². The first-order chi connectivity index (χ1) is 7.84. The zero-order valence-corrected chi connectivity index (χ0v) is 9.27. The van der Waals surface area contributed by atoms with Crippen LogP contribution in [0.2, 0.25) is 0 Å². The van der Waals surface area contributed by atoms with Crippen LogP contribution in [0.25, 0.3) is 11.2 Å². The molecule has 0 saturated carbocycles. The zero-order chi connectivity index (χ0) is 11.0. The van der Waals surface area contributed by atoms with Crippen LogP contribution in [0.3, 0.4) is 0 Å². The highest BCUT2D eigenvalue weighted by molar-refractivity contribution is 5.73. The molecule has 1 fully saturated rings. The average molecular weight is 217 g/mol. The van der Waals surface area contributed by atoms with Crippen molar-refractivity contribution in [2.75, 3.05) is 25.0 Å². The second-order valence-corrected chi connectivity index (χ2v) is 4.19. The highest BCUT2D eigenvalue weighted by atomic mass is 15.3. The number of aromatic nitrogens is 3. The molecule has 2 aromatic heterocycles. The predicted octanol–water partition coefficient (Wildman–Crippen LogP) is 0.756. The number of hydrogen-bond donors (Lipinski definition) is 2. The first-order valence-corrected chi connectivity index (χ1v) is 5.59. The Kier molecular flexibility index (Phi) is 2.25. The summed E-state index contributed by atoms with van der Waals surface area (Å²) >= 11 is 0. The third-order valence-electron chi connectivity index (χ3n) is 3.16. The lowest BCUT2D eigenvalue weighted by Crippen LogP contribution is -2.34. The van der Waals surface area contributed by atoms with Gasteiger partial charge in [-0.25, -0.2) is 4.98 Å². The summed E-state index contributed by atoms with van der Waals surface area (Å²) in [5.74, 6) is 0.905. The molecule has 0 bridgehead atoms. The van der Waals surface area contributed by atoms with Crippen LogP contribution in [0.1, 0.15) is 6.42 Å². The van der Waals surface area contributed by atoms with Crippen molar-refractivity contribution in [1.82, 2.24) is 20.3 Å². The van der Waals surface area contributed by atoms with Gasteiger partial charge in [-0.1, -0.05) is 0 Å². The van der Waals surface area contributed by atoms with E-state index in [-0.39, 0.29) is 0 Å². The number of H-pyrrole nitrogens is 1. The fraction of sp³-hybridized carbons (Fsp3) is 0.455. The van der Waals surface area contributed by atoms with Gasteiger partial charge in [0.2, 0.25) is 5.95 Å². The maximum absolute atomic E-state index is 4.49. The van der Waals surface area contributed by atoms with E-state index in [0.717, 1.165) is 30.2 Å². The minimum absolute atomic E-state index is 0.528. The third-order valence-corrected chi connectivity index (χ3v) is 3.16. The maximum Gasteiger partial charge on any atom is 0.205 e. The number of fused-ring (bicyclic) bond motifs is 1. The molecule has 1 aliphatic rings. The zero-order valence-electron chi connectivity index (χ0n) is 9.27. The van der Waals surface area contributed by atoms with Crippen LogP contribution in [0.5, 0.6) is 0 Å². The van der Waals surface area contributed by atoms with Gasteiger partial charge in [0, 0.05) is 25.8 Å². The quantitative estimate of drug-likeness (QED) is 0.779. The Morgan fingerprint density at radius 2 is 2.44 bits per heavy atom. The van der Waals surface area contributed by atoms with Crippen LogP contribution in [-0.2, 0) is 0 Å². The molecule has 0 unspecified atom stereocenters. The first kappa shape index (κ1) is 9.59. The van der Waals surface area contributed by atoms with E-state index in [1.54, 1.807) is 6.20 Å². The van der Waals surface area contributed by atoms with E-state index >= 15 is 0 Å². The molecule has 0 aliphatic carbocycles. The van der Waals surface area contributed by atoms with Gasteiger partial charge in [-0.3, -0.25) is 0 Å². The van der Waals surface area contributed by atoms with Gasteiger partial charge in [-0.15, -0.1) is 0 Å². The number of likely N-dealkylation sites (N-methyl/N-ethyl adjacent to an activating group) is 1. The Morgan fingerprint density at radius 1 is 1.50 bits per heavy atom. The van der Waals surface area contributed by atoms with E-state index in [9.17, 15) is 0 Å². The number of nitrogens with zero attached hydrogens (tertiary/aromatic N) is 3. The van der Waals surface area contributed by atoms with Crippen molar-refractivity contribution >= 4 is 17.1 Å². The van der Waals surface area contributed by atoms with E-state index in [0.29, 0.717) is 6.04 Å². The first-order valence-electron chi connectivity index (χ1n) is 5.59. The molecule has 3 heterocycles. The van der Waals surface area contributed by atoms with Crippen molar-refractivity contribution in [3.8, 4) is 0 Å². The minimum Gasteiger partial charge on any atom is -0.341 e. The summed E-state index contributed by atoms with van der Waals surface area (Å²) in [6.45, 7) is 2.12. The molecule has 16 heavy (non-hydrogen) atoms. The Hall–Kier alpha value is -1.62. The van der Waals surface area contributed by atoms with Gasteiger partial charge < -0.3 is 15.2 Å². The van der Waals surface area contributed by atoms with Crippen molar-refractivity contribution in [3.05, 3.63) is 18.3 Å². The SMILES string of the molecule is CN(c1nc2ncccc2[nH]1)[C@@H]1CCNC1. The highest BCUT2D eigenvalue weighted by Crippen LogP contribution is 2.18. The molecule has 1 saturated heterocycles. The Bertz CT molecular complexity index is 453. The fourth-order valence-electron chi connectivity index (χ4n) is 2.14. The Labute approximate surface area is 93.9 Å². The minimum atomic E-state index is 0.528. The smallest absolute Gasteiger partial charge is 0.205 e. The standard InChI is InChI=1S/C11H15N5/c1-16(8-4-6-12-7-8)11-14-9-3-2-5-13-10(9)15-11/h2-3,5,8,12H,4,6-7H2,1H3,(H,13,14,15)/t8-/m1/s1. The van der Waals surface area contributed by atoms with Crippen LogP contribution >= 0.6 is 0 Å². The normalized spacial score (nSPS) is 20.4. The molecule has 2 aromatic rings. The third kappa shape index (κ3) is 1.53. The second kappa shape index (κ2) is 3.75. The van der Waals surface area contributed by atoms with Crippen molar-refractivity contribution in [2.24, 2.45) is 0 Å². The van der Waals surface area contributed by atoms with Crippen molar-refractivity contribution < 1.29 is 0 Å². The molecule has 84 valence electrons. The highest BCUT2D eigenvalue weighted by Gasteiger charge is 2.21. The van der Waals surface area contributed by atoms with Crippen molar-refractivity contribution in [2.45, 2.75) is 12.5 Å². The number of rotatable bonds is 2. The lowest BCUT2D eigenvalue weighted by molar-refractivity contribution is 0.672. The van der Waals surface area contributed by atoms with Crippen LogP contribution in [0.15, 0.2) is 18.3 Å². The van der Waals surface area contributed by atoms with E-state index in [1.165, 1.54) is 6.42 Å². The topological polar surface area (TPSA) is 56.8 Å². The van der Waals surface area contributed by atoms with Gasteiger partial charge in [0.25, 0.3) is 0 Å². The number of hydrogen-bond acceptors (Lipinski definition) is 4. The summed E-state index contributed by atoms with van der Waals surface area (Å²) in [6, 6.07) is 4.45. The number of anilines is 1. The molecule has 2 N–H and O–H groups in total. The van der Waals surface area contributed by atoms with Gasteiger partial charge in [0.05, 0.1) is 5.52 Å². The number of imidazole rings is 1. The lowest BCUT2D eigenvalue weighted by Gasteiger charge is -2.22. The molecule has 0 aromatic carbocycles. The number of aromatic amines is 1. The number of nitrogens with one attached hydrogen (secondary N) is 2. The average Bonchev–Trinajstić information content (AvgIpc) is 2.97. The molecule has 0 radical (unpaired) electrons. The molecule has 5 heteroatoms. The summed E-state index contributed by atoms with van der Waals surface area (Å²) in [5, 5.41) is 3.36. The summed E-state index contributed by atoms with van der Waals surface area (Å²) in [5.41, 5.74) is 1.78. The number of pyridine rings is 1. The molecule has 0 spiro atoms. The molecule has 1 aliphatic heterocycles. The molecule has 1 atom stereocenters. The van der Waals surface area contributed by atoms with Crippen LogP contribution in [0.4, 0.5) is 5.95 Å². The van der Waals surface area contributed by atoms with Gasteiger partial charge >= 0.3 is 0 Å². The van der Waals surface area contributed by atoms with Crippen molar-refractivity contribution in [3.63, 3.8) is 0 Å².